The van der Waals surface area contributed by atoms with Gasteiger partial charge in [-0.25, -0.2) is 4.79 Å². The Hall–Kier alpha value is -2.85. The van der Waals surface area contributed by atoms with Crippen LogP contribution >= 0.6 is 11.6 Å². The minimum absolute atomic E-state index is 0.209. The Bertz CT molecular complexity index is 937. The number of amides is 1. The van der Waals surface area contributed by atoms with Crippen molar-refractivity contribution in [1.29, 1.82) is 0 Å². The zero-order chi connectivity index (χ0) is 18.5. The topological polar surface area (TPSA) is 55.4 Å². The van der Waals surface area contributed by atoms with Crippen LogP contribution in [0.5, 0.6) is 0 Å². The number of nitrogens with one attached hydrogen (secondary N) is 1. The van der Waals surface area contributed by atoms with Gasteiger partial charge in [0, 0.05) is 5.02 Å². The average Bonchev–Trinajstić information content (AvgIpc) is 2.66. The Morgan fingerprint density at radius 3 is 2.42 bits per heavy atom. The highest BCUT2D eigenvalue weighted by molar-refractivity contribution is 6.30. The summed E-state index contributed by atoms with van der Waals surface area (Å²) in [5, 5.41) is 5.42. The van der Waals surface area contributed by atoms with Crippen molar-refractivity contribution >= 4 is 34.2 Å². The number of benzene rings is 3. The van der Waals surface area contributed by atoms with Gasteiger partial charge in [-0.1, -0.05) is 54.1 Å². The number of carbonyl (C=O) groups is 2. The van der Waals surface area contributed by atoms with Gasteiger partial charge < -0.3 is 10.1 Å². The molecule has 0 aliphatic rings. The number of fused-ring (bicyclic) bond motifs is 1. The third-order valence-corrected chi connectivity index (χ3v) is 4.32. The summed E-state index contributed by atoms with van der Waals surface area (Å²) in [5.41, 5.74) is 1.34. The molecule has 3 rings (SSSR count). The zero-order valence-corrected chi connectivity index (χ0v) is 15.0. The summed E-state index contributed by atoms with van der Waals surface area (Å²) in [5.74, 6) is -0.883. The Labute approximate surface area is 156 Å². The van der Waals surface area contributed by atoms with Gasteiger partial charge in [0.25, 0.3) is 5.91 Å². The minimum atomic E-state index is -0.523. The summed E-state index contributed by atoms with van der Waals surface area (Å²) in [6.07, 6.45) is 0. The second kappa shape index (κ2) is 8.02. The first-order valence-electron chi connectivity index (χ1n) is 8.24. The van der Waals surface area contributed by atoms with Crippen LogP contribution in [-0.4, -0.2) is 18.5 Å². The molecule has 0 aliphatic heterocycles. The minimum Gasteiger partial charge on any atom is -0.452 e. The third-order valence-electron chi connectivity index (χ3n) is 4.07. The van der Waals surface area contributed by atoms with Crippen LogP contribution in [0.2, 0.25) is 5.02 Å². The van der Waals surface area contributed by atoms with E-state index in [9.17, 15) is 9.59 Å². The monoisotopic (exact) mass is 367 g/mol. The molecular weight excluding hydrogens is 350 g/mol. The van der Waals surface area contributed by atoms with Crippen LogP contribution < -0.4 is 5.32 Å². The van der Waals surface area contributed by atoms with Crippen molar-refractivity contribution in [2.75, 3.05) is 6.61 Å². The summed E-state index contributed by atoms with van der Waals surface area (Å²) in [6, 6.07) is 20.0. The predicted molar refractivity (Wildman–Crippen MR) is 102 cm³/mol. The molecule has 5 heteroatoms. The number of halogens is 1. The lowest BCUT2D eigenvalue weighted by Crippen LogP contribution is -2.31. The maximum absolute atomic E-state index is 12.2. The molecule has 3 aromatic rings. The van der Waals surface area contributed by atoms with Crippen LogP contribution in [0.1, 0.15) is 28.9 Å². The van der Waals surface area contributed by atoms with E-state index >= 15 is 0 Å². The maximum atomic E-state index is 12.2. The van der Waals surface area contributed by atoms with Gasteiger partial charge in [-0.2, -0.15) is 0 Å². The van der Waals surface area contributed by atoms with Crippen molar-refractivity contribution in [3.8, 4) is 0 Å². The van der Waals surface area contributed by atoms with Gasteiger partial charge >= 0.3 is 5.97 Å². The largest absolute Gasteiger partial charge is 0.452 e. The number of esters is 1. The Kier molecular flexibility index (Phi) is 5.54. The Morgan fingerprint density at radius 2 is 1.69 bits per heavy atom. The van der Waals surface area contributed by atoms with E-state index in [4.69, 9.17) is 16.3 Å². The lowest BCUT2D eigenvalue weighted by molar-refractivity contribution is -0.124. The van der Waals surface area contributed by atoms with Gasteiger partial charge in [-0.05, 0) is 47.5 Å². The molecular formula is C21H18ClNO3. The van der Waals surface area contributed by atoms with E-state index < -0.39 is 5.97 Å². The molecule has 0 spiro atoms. The van der Waals surface area contributed by atoms with E-state index in [1.54, 1.807) is 24.3 Å². The highest BCUT2D eigenvalue weighted by Crippen LogP contribution is 2.17. The Morgan fingerprint density at radius 1 is 1.00 bits per heavy atom. The lowest BCUT2D eigenvalue weighted by Gasteiger charge is -2.14. The summed E-state index contributed by atoms with van der Waals surface area (Å²) in [7, 11) is 0. The predicted octanol–water partition coefficient (Wildman–Crippen LogP) is 4.53. The number of hydrogen-bond donors (Lipinski definition) is 1. The second-order valence-electron chi connectivity index (χ2n) is 5.98. The summed E-state index contributed by atoms with van der Waals surface area (Å²) in [4.78, 5) is 24.2. The molecule has 132 valence electrons. The smallest absolute Gasteiger partial charge is 0.338 e. The van der Waals surface area contributed by atoms with Crippen LogP contribution in [0, 0.1) is 0 Å². The van der Waals surface area contributed by atoms with Crippen LogP contribution in [0.25, 0.3) is 10.8 Å². The van der Waals surface area contributed by atoms with Gasteiger partial charge in [-0.15, -0.1) is 0 Å². The van der Waals surface area contributed by atoms with Crippen LogP contribution in [0.4, 0.5) is 0 Å². The first-order chi connectivity index (χ1) is 12.5. The quantitative estimate of drug-likeness (QED) is 0.674. The molecule has 0 fully saturated rings. The van der Waals surface area contributed by atoms with Crippen molar-refractivity contribution in [2.24, 2.45) is 0 Å². The summed E-state index contributed by atoms with van der Waals surface area (Å²) < 4.78 is 5.12. The van der Waals surface area contributed by atoms with Gasteiger partial charge in [0.2, 0.25) is 0 Å². The number of ether oxygens (including phenoxy) is 1. The molecule has 1 amide bonds. The van der Waals surface area contributed by atoms with E-state index in [2.05, 4.69) is 5.32 Å². The molecule has 1 atom stereocenters. The molecule has 0 radical (unpaired) electrons. The maximum Gasteiger partial charge on any atom is 0.338 e. The molecule has 26 heavy (non-hydrogen) atoms. The average molecular weight is 368 g/mol. The van der Waals surface area contributed by atoms with Gasteiger partial charge in [0.15, 0.2) is 6.61 Å². The molecule has 4 nitrogen and oxygen atoms in total. The van der Waals surface area contributed by atoms with Gasteiger partial charge in [-0.3, -0.25) is 4.79 Å². The Balaban J connectivity index is 1.56. The van der Waals surface area contributed by atoms with E-state index in [0.29, 0.717) is 10.6 Å². The van der Waals surface area contributed by atoms with E-state index in [1.807, 2.05) is 49.4 Å². The molecule has 0 saturated carbocycles. The first kappa shape index (κ1) is 18.0. The molecule has 0 aliphatic carbocycles. The van der Waals surface area contributed by atoms with E-state index in [0.717, 1.165) is 16.3 Å². The number of rotatable bonds is 5. The van der Waals surface area contributed by atoms with Gasteiger partial charge in [0.1, 0.15) is 0 Å². The molecule has 0 unspecified atom stereocenters. The van der Waals surface area contributed by atoms with Crippen molar-refractivity contribution in [1.82, 2.24) is 5.32 Å². The van der Waals surface area contributed by atoms with Crippen molar-refractivity contribution in [2.45, 2.75) is 13.0 Å². The van der Waals surface area contributed by atoms with Crippen LogP contribution in [0.15, 0.2) is 66.7 Å². The second-order valence-corrected chi connectivity index (χ2v) is 6.42. The number of carbonyl (C=O) groups excluding carboxylic acids is 2. The molecule has 0 aromatic heterocycles. The van der Waals surface area contributed by atoms with Crippen LogP contribution in [0.3, 0.4) is 0 Å². The van der Waals surface area contributed by atoms with E-state index in [1.165, 1.54) is 0 Å². The molecule has 1 N–H and O–H groups in total. The van der Waals surface area contributed by atoms with Crippen molar-refractivity contribution in [3.63, 3.8) is 0 Å². The SMILES string of the molecule is C[C@@H](NC(=O)COC(=O)c1ccc2ccccc2c1)c1ccc(Cl)cc1. The molecule has 3 aromatic carbocycles. The van der Waals surface area contributed by atoms with Crippen molar-refractivity contribution < 1.29 is 14.3 Å². The highest BCUT2D eigenvalue weighted by Gasteiger charge is 2.13. The first-order valence-corrected chi connectivity index (χ1v) is 8.61. The van der Waals surface area contributed by atoms with Crippen molar-refractivity contribution in [3.05, 3.63) is 82.9 Å². The summed E-state index contributed by atoms with van der Waals surface area (Å²) >= 11 is 5.86. The fraction of sp³-hybridized carbons (Fsp3) is 0.143. The highest BCUT2D eigenvalue weighted by atomic mass is 35.5. The molecule has 0 bridgehead atoms. The molecule has 0 heterocycles. The number of hydrogen-bond acceptors (Lipinski definition) is 3. The standard InChI is InChI=1S/C21H18ClNO3/c1-14(15-8-10-19(22)11-9-15)23-20(24)13-26-21(25)18-7-6-16-4-2-3-5-17(16)12-18/h2-12,14H,13H2,1H3,(H,23,24)/t14-/m1/s1. The fourth-order valence-electron chi connectivity index (χ4n) is 2.65. The summed E-state index contributed by atoms with van der Waals surface area (Å²) in [6.45, 7) is 1.52. The van der Waals surface area contributed by atoms with E-state index in [-0.39, 0.29) is 18.6 Å². The normalized spacial score (nSPS) is 11.8. The van der Waals surface area contributed by atoms with Gasteiger partial charge in [0.05, 0.1) is 11.6 Å². The third kappa shape index (κ3) is 4.41. The fourth-order valence-corrected chi connectivity index (χ4v) is 2.77. The van der Waals surface area contributed by atoms with Crippen LogP contribution in [-0.2, 0) is 9.53 Å². The lowest BCUT2D eigenvalue weighted by atomic mass is 10.1. The zero-order valence-electron chi connectivity index (χ0n) is 14.2. The molecule has 0 saturated heterocycles.